The number of fused-ring (bicyclic) bond motifs is 1. The van der Waals surface area contributed by atoms with Crippen LogP contribution in [-0.2, 0) is 16.0 Å². The molecule has 2 N–H and O–H groups in total. The number of carbonyl (C=O) groups excluding carboxylic acids is 1. The van der Waals surface area contributed by atoms with E-state index in [2.05, 4.69) is 4.90 Å². The number of hydrogen-bond donors (Lipinski definition) is 1. The number of nitrogens with zero attached hydrogens (tertiary/aromatic N) is 2. The number of halogens is 1. The lowest BCUT2D eigenvalue weighted by Gasteiger charge is -2.33. The summed E-state index contributed by atoms with van der Waals surface area (Å²) in [7, 11) is 0. The fraction of sp³-hybridized carbons (Fsp3) is 0.588. The van der Waals surface area contributed by atoms with Gasteiger partial charge in [-0.15, -0.1) is 0 Å². The standard InChI is InChI=1S/C17H22FN3O3/c18-13-10-24-4-1-15(13)21-9-11-7-14(19)16(8-12(11)17(21)22)20-2-5-23-6-3-20/h7-8,13,15H,1-6,9-10,19H2/t13-,15-/m1/s1. The summed E-state index contributed by atoms with van der Waals surface area (Å²) < 4.78 is 24.7. The van der Waals surface area contributed by atoms with Gasteiger partial charge < -0.3 is 25.0 Å². The van der Waals surface area contributed by atoms with Crippen LogP contribution in [0.5, 0.6) is 0 Å². The van der Waals surface area contributed by atoms with Crippen LogP contribution in [0.15, 0.2) is 12.1 Å². The van der Waals surface area contributed by atoms with Crippen LogP contribution in [-0.4, -0.2) is 62.5 Å². The van der Waals surface area contributed by atoms with Crippen LogP contribution in [0.25, 0.3) is 0 Å². The van der Waals surface area contributed by atoms with E-state index in [0.717, 1.165) is 24.3 Å². The number of anilines is 2. The number of hydrogen-bond acceptors (Lipinski definition) is 5. The summed E-state index contributed by atoms with van der Waals surface area (Å²) in [6, 6.07) is 3.32. The molecule has 24 heavy (non-hydrogen) atoms. The molecule has 1 amide bonds. The average Bonchev–Trinajstić information content (AvgIpc) is 2.91. The van der Waals surface area contributed by atoms with Gasteiger partial charge in [-0.25, -0.2) is 4.39 Å². The van der Waals surface area contributed by atoms with E-state index in [1.54, 1.807) is 4.90 Å². The summed E-state index contributed by atoms with van der Waals surface area (Å²) in [6.07, 6.45) is -0.597. The molecule has 6 nitrogen and oxygen atoms in total. The highest BCUT2D eigenvalue weighted by Crippen LogP contribution is 2.35. The third-order valence-electron chi connectivity index (χ3n) is 5.09. The maximum atomic E-state index is 14.2. The Balaban J connectivity index is 1.61. The summed E-state index contributed by atoms with van der Waals surface area (Å²) in [6.45, 7) is 3.80. The number of benzene rings is 1. The lowest BCUT2D eigenvalue weighted by Crippen LogP contribution is -2.47. The van der Waals surface area contributed by atoms with Crippen LogP contribution in [0.1, 0.15) is 22.3 Å². The van der Waals surface area contributed by atoms with Crippen molar-refractivity contribution in [3.63, 3.8) is 0 Å². The molecular formula is C17H22FN3O3. The van der Waals surface area contributed by atoms with Crippen molar-refractivity contribution in [2.24, 2.45) is 0 Å². The second kappa shape index (κ2) is 6.22. The van der Waals surface area contributed by atoms with Gasteiger partial charge in [0.25, 0.3) is 5.91 Å². The number of ether oxygens (including phenoxy) is 2. The van der Waals surface area contributed by atoms with Gasteiger partial charge in [-0.2, -0.15) is 0 Å². The molecule has 0 unspecified atom stereocenters. The Morgan fingerprint density at radius 3 is 2.71 bits per heavy atom. The maximum Gasteiger partial charge on any atom is 0.254 e. The van der Waals surface area contributed by atoms with Gasteiger partial charge in [0.15, 0.2) is 0 Å². The Bertz CT molecular complexity index is 648. The first-order valence-corrected chi connectivity index (χ1v) is 8.43. The third kappa shape index (κ3) is 2.61. The lowest BCUT2D eigenvalue weighted by atomic mass is 10.1. The first-order chi connectivity index (χ1) is 11.6. The first kappa shape index (κ1) is 15.7. The number of alkyl halides is 1. The number of amides is 1. The summed E-state index contributed by atoms with van der Waals surface area (Å²) in [5, 5.41) is 0. The highest BCUT2D eigenvalue weighted by atomic mass is 19.1. The molecule has 130 valence electrons. The van der Waals surface area contributed by atoms with Gasteiger partial charge in [0.2, 0.25) is 0 Å². The van der Waals surface area contributed by atoms with Crippen LogP contribution < -0.4 is 10.6 Å². The van der Waals surface area contributed by atoms with Gasteiger partial charge >= 0.3 is 0 Å². The third-order valence-corrected chi connectivity index (χ3v) is 5.09. The molecule has 0 aliphatic carbocycles. The molecule has 3 aliphatic rings. The topological polar surface area (TPSA) is 68.0 Å². The van der Waals surface area contributed by atoms with Gasteiger partial charge in [-0.05, 0) is 24.1 Å². The van der Waals surface area contributed by atoms with Gasteiger partial charge in [-0.3, -0.25) is 4.79 Å². The summed E-state index contributed by atoms with van der Waals surface area (Å²) >= 11 is 0. The van der Waals surface area contributed by atoms with Crippen molar-refractivity contribution in [3.05, 3.63) is 23.3 Å². The van der Waals surface area contributed by atoms with Crippen molar-refractivity contribution < 1.29 is 18.7 Å². The maximum absolute atomic E-state index is 14.2. The highest BCUT2D eigenvalue weighted by Gasteiger charge is 2.39. The SMILES string of the molecule is Nc1cc2c(cc1N1CCOCC1)C(=O)N([C@@H]1CCOC[C@H]1F)C2. The lowest BCUT2D eigenvalue weighted by molar-refractivity contribution is -0.0216. The molecule has 2 fully saturated rings. The molecule has 0 bridgehead atoms. The predicted molar refractivity (Wildman–Crippen MR) is 87.9 cm³/mol. The number of rotatable bonds is 2. The van der Waals surface area contributed by atoms with Gasteiger partial charge in [0.05, 0.1) is 37.2 Å². The molecular weight excluding hydrogens is 313 g/mol. The van der Waals surface area contributed by atoms with Crippen LogP contribution in [0, 0.1) is 0 Å². The number of carbonyl (C=O) groups is 1. The Hall–Kier alpha value is -1.86. The largest absolute Gasteiger partial charge is 0.397 e. The second-order valence-corrected chi connectivity index (χ2v) is 6.55. The molecule has 3 aliphatic heterocycles. The zero-order valence-electron chi connectivity index (χ0n) is 13.5. The van der Waals surface area contributed by atoms with E-state index in [9.17, 15) is 9.18 Å². The predicted octanol–water partition coefficient (Wildman–Crippen LogP) is 1.19. The molecule has 3 heterocycles. The summed E-state index contributed by atoms with van der Waals surface area (Å²) in [4.78, 5) is 16.6. The van der Waals surface area contributed by atoms with Crippen molar-refractivity contribution in [3.8, 4) is 0 Å². The Labute approximate surface area is 140 Å². The second-order valence-electron chi connectivity index (χ2n) is 6.55. The fourth-order valence-corrected chi connectivity index (χ4v) is 3.78. The van der Waals surface area contributed by atoms with E-state index in [1.807, 2.05) is 12.1 Å². The van der Waals surface area contributed by atoms with Crippen LogP contribution >= 0.6 is 0 Å². The van der Waals surface area contributed by atoms with Crippen LogP contribution in [0.4, 0.5) is 15.8 Å². The fourth-order valence-electron chi connectivity index (χ4n) is 3.78. The molecule has 0 saturated carbocycles. The monoisotopic (exact) mass is 335 g/mol. The van der Waals surface area contributed by atoms with Crippen LogP contribution in [0.2, 0.25) is 0 Å². The normalized spacial score (nSPS) is 27.5. The van der Waals surface area contributed by atoms with E-state index in [0.29, 0.717) is 44.0 Å². The zero-order valence-corrected chi connectivity index (χ0v) is 13.5. The van der Waals surface area contributed by atoms with Crippen molar-refractivity contribution in [1.29, 1.82) is 0 Å². The molecule has 0 spiro atoms. The summed E-state index contributed by atoms with van der Waals surface area (Å²) in [5.41, 5.74) is 9.27. The smallest absolute Gasteiger partial charge is 0.254 e. The van der Waals surface area contributed by atoms with E-state index < -0.39 is 12.2 Å². The minimum Gasteiger partial charge on any atom is -0.397 e. The molecule has 0 radical (unpaired) electrons. The highest BCUT2D eigenvalue weighted by molar-refractivity contribution is 6.00. The minimum absolute atomic E-state index is 0.0615. The van der Waals surface area contributed by atoms with Crippen molar-refractivity contribution in [2.75, 3.05) is 50.2 Å². The Kier molecular flexibility index (Phi) is 4.05. The van der Waals surface area contributed by atoms with Gasteiger partial charge in [0.1, 0.15) is 6.17 Å². The molecule has 0 aromatic heterocycles. The summed E-state index contributed by atoms with van der Waals surface area (Å²) in [5.74, 6) is -0.103. The molecule has 7 heteroatoms. The van der Waals surface area contributed by atoms with E-state index in [4.69, 9.17) is 15.2 Å². The van der Waals surface area contributed by atoms with E-state index in [1.165, 1.54) is 0 Å². The number of nitrogens with two attached hydrogens (primary N) is 1. The van der Waals surface area contributed by atoms with Crippen molar-refractivity contribution >= 4 is 17.3 Å². The van der Waals surface area contributed by atoms with E-state index in [-0.39, 0.29) is 12.5 Å². The quantitative estimate of drug-likeness (QED) is 0.822. The minimum atomic E-state index is -1.13. The Morgan fingerprint density at radius 2 is 1.96 bits per heavy atom. The first-order valence-electron chi connectivity index (χ1n) is 8.43. The van der Waals surface area contributed by atoms with Crippen molar-refractivity contribution in [1.82, 2.24) is 4.90 Å². The number of morpholine rings is 1. The molecule has 1 aromatic rings. The zero-order chi connectivity index (χ0) is 16.7. The Morgan fingerprint density at radius 1 is 1.17 bits per heavy atom. The number of nitrogen functional groups attached to an aromatic ring is 1. The van der Waals surface area contributed by atoms with Gasteiger partial charge in [-0.1, -0.05) is 0 Å². The molecule has 1 aromatic carbocycles. The molecule has 4 rings (SSSR count). The molecule has 2 saturated heterocycles. The molecule has 2 atom stereocenters. The van der Waals surface area contributed by atoms with Crippen molar-refractivity contribution in [2.45, 2.75) is 25.2 Å². The van der Waals surface area contributed by atoms with Crippen LogP contribution in [0.3, 0.4) is 0 Å². The average molecular weight is 335 g/mol. The van der Waals surface area contributed by atoms with Gasteiger partial charge in [0, 0.05) is 31.8 Å². The van der Waals surface area contributed by atoms with E-state index >= 15 is 0 Å².